The molecule has 0 heterocycles. The number of ketones is 2. The van der Waals surface area contributed by atoms with Crippen molar-refractivity contribution in [2.24, 2.45) is 0 Å². The number of hydrogen-bond acceptors (Lipinski definition) is 4. The Bertz CT molecular complexity index is 399. The van der Waals surface area contributed by atoms with Crippen LogP contribution in [0.4, 0.5) is 0 Å². The standard InChI is InChI=1S/C11H11NO4/c1-8(13)11(12(15)16)10(14)7-9-5-3-2-4-6-9/h2-6,11H,7H2,1H3. The Kier molecular flexibility index (Phi) is 3.88. The maximum absolute atomic E-state index is 11.5. The molecule has 1 atom stereocenters. The van der Waals surface area contributed by atoms with E-state index in [1.165, 1.54) is 0 Å². The minimum atomic E-state index is -1.74. The molecule has 0 N–H and O–H groups in total. The van der Waals surface area contributed by atoms with Crippen LogP contribution in [0.1, 0.15) is 12.5 Å². The van der Waals surface area contributed by atoms with Gasteiger partial charge in [-0.15, -0.1) is 0 Å². The molecule has 0 fully saturated rings. The predicted molar refractivity (Wildman–Crippen MR) is 56.6 cm³/mol. The van der Waals surface area contributed by atoms with Gasteiger partial charge < -0.3 is 0 Å². The Morgan fingerprint density at radius 2 is 1.88 bits per heavy atom. The van der Waals surface area contributed by atoms with E-state index in [1.807, 2.05) is 0 Å². The van der Waals surface area contributed by atoms with Gasteiger partial charge in [0.2, 0.25) is 11.6 Å². The lowest BCUT2D eigenvalue weighted by Crippen LogP contribution is -2.37. The first-order valence-corrected chi connectivity index (χ1v) is 4.73. The summed E-state index contributed by atoms with van der Waals surface area (Å²) in [6.45, 7) is 1.05. The van der Waals surface area contributed by atoms with Crippen molar-refractivity contribution in [1.82, 2.24) is 0 Å². The number of benzene rings is 1. The zero-order valence-corrected chi connectivity index (χ0v) is 8.75. The second-order valence-corrected chi connectivity index (χ2v) is 3.43. The second-order valence-electron chi connectivity index (χ2n) is 3.43. The van der Waals surface area contributed by atoms with Crippen LogP contribution < -0.4 is 0 Å². The van der Waals surface area contributed by atoms with Crippen LogP contribution in [0.25, 0.3) is 0 Å². The van der Waals surface area contributed by atoms with Crippen LogP contribution in [0.15, 0.2) is 30.3 Å². The van der Waals surface area contributed by atoms with Gasteiger partial charge in [0.15, 0.2) is 0 Å². The van der Waals surface area contributed by atoms with Crippen LogP contribution >= 0.6 is 0 Å². The van der Waals surface area contributed by atoms with Crippen molar-refractivity contribution in [3.8, 4) is 0 Å². The highest BCUT2D eigenvalue weighted by Crippen LogP contribution is 2.04. The van der Waals surface area contributed by atoms with Gasteiger partial charge in [0, 0.05) is 18.3 Å². The van der Waals surface area contributed by atoms with Gasteiger partial charge in [-0.25, -0.2) is 0 Å². The molecule has 0 amide bonds. The molecule has 0 aliphatic heterocycles. The van der Waals surface area contributed by atoms with Crippen LogP contribution in [-0.2, 0) is 16.0 Å². The average Bonchev–Trinajstić information content (AvgIpc) is 2.17. The van der Waals surface area contributed by atoms with Gasteiger partial charge in [0.05, 0.1) is 0 Å². The van der Waals surface area contributed by atoms with Crippen molar-refractivity contribution in [2.45, 2.75) is 19.4 Å². The molecule has 0 radical (unpaired) electrons. The van der Waals surface area contributed by atoms with E-state index in [1.54, 1.807) is 30.3 Å². The third-order valence-electron chi connectivity index (χ3n) is 2.12. The largest absolute Gasteiger partial charge is 0.327 e. The average molecular weight is 221 g/mol. The first-order chi connectivity index (χ1) is 7.52. The number of carbonyl (C=O) groups excluding carboxylic acids is 2. The maximum Gasteiger partial charge on any atom is 0.327 e. The highest BCUT2D eigenvalue weighted by Gasteiger charge is 2.33. The van der Waals surface area contributed by atoms with E-state index >= 15 is 0 Å². The summed E-state index contributed by atoms with van der Waals surface area (Å²) in [5, 5.41) is 10.5. The number of Topliss-reactive ketones (excluding diaryl/α,β-unsaturated/α-hetero) is 2. The highest BCUT2D eigenvalue weighted by atomic mass is 16.6. The van der Waals surface area contributed by atoms with Crippen molar-refractivity contribution in [1.29, 1.82) is 0 Å². The van der Waals surface area contributed by atoms with Gasteiger partial charge in [0.25, 0.3) is 0 Å². The molecular weight excluding hydrogens is 210 g/mol. The van der Waals surface area contributed by atoms with Crippen molar-refractivity contribution < 1.29 is 14.5 Å². The van der Waals surface area contributed by atoms with E-state index in [0.717, 1.165) is 6.92 Å². The molecule has 0 spiro atoms. The van der Waals surface area contributed by atoms with Gasteiger partial charge in [-0.3, -0.25) is 19.7 Å². The molecule has 16 heavy (non-hydrogen) atoms. The highest BCUT2D eigenvalue weighted by molar-refractivity contribution is 6.04. The fourth-order valence-corrected chi connectivity index (χ4v) is 1.39. The molecule has 84 valence electrons. The number of carbonyl (C=O) groups is 2. The summed E-state index contributed by atoms with van der Waals surface area (Å²) in [6.07, 6.45) is -0.0912. The van der Waals surface area contributed by atoms with Crippen molar-refractivity contribution in [2.75, 3.05) is 0 Å². The Labute approximate surface area is 92.2 Å². The number of nitrogens with zero attached hydrogens (tertiary/aromatic N) is 1. The summed E-state index contributed by atoms with van der Waals surface area (Å²) in [5.74, 6) is -1.41. The number of hydrogen-bond donors (Lipinski definition) is 0. The smallest absolute Gasteiger partial charge is 0.292 e. The first kappa shape index (κ1) is 12.0. The van der Waals surface area contributed by atoms with E-state index in [9.17, 15) is 19.7 Å². The molecular formula is C11H11NO4. The summed E-state index contributed by atoms with van der Waals surface area (Å²) >= 11 is 0. The Hall–Kier alpha value is -2.04. The second kappa shape index (κ2) is 5.16. The van der Waals surface area contributed by atoms with Crippen LogP contribution in [-0.4, -0.2) is 22.5 Å². The van der Waals surface area contributed by atoms with E-state index in [4.69, 9.17) is 0 Å². The molecule has 5 heteroatoms. The predicted octanol–water partition coefficient (Wildman–Crippen LogP) is 1.03. The third kappa shape index (κ3) is 2.98. The molecule has 0 aromatic heterocycles. The van der Waals surface area contributed by atoms with Gasteiger partial charge in [-0.1, -0.05) is 30.3 Å². The molecule has 0 saturated heterocycles. The van der Waals surface area contributed by atoms with Crippen LogP contribution in [0, 0.1) is 10.1 Å². The van der Waals surface area contributed by atoms with Crippen molar-refractivity contribution >= 4 is 11.6 Å². The van der Waals surface area contributed by atoms with Crippen LogP contribution in [0.2, 0.25) is 0 Å². The minimum Gasteiger partial charge on any atom is -0.292 e. The Morgan fingerprint density at radius 1 is 1.31 bits per heavy atom. The van der Waals surface area contributed by atoms with E-state index < -0.39 is 22.5 Å². The molecule has 5 nitrogen and oxygen atoms in total. The lowest BCUT2D eigenvalue weighted by Gasteiger charge is -2.04. The number of nitro groups is 1. The zero-order valence-electron chi connectivity index (χ0n) is 8.75. The summed E-state index contributed by atoms with van der Waals surface area (Å²) in [7, 11) is 0. The van der Waals surface area contributed by atoms with Crippen molar-refractivity contribution in [3.63, 3.8) is 0 Å². The van der Waals surface area contributed by atoms with Gasteiger partial charge >= 0.3 is 6.04 Å². The first-order valence-electron chi connectivity index (χ1n) is 4.73. The van der Waals surface area contributed by atoms with E-state index in [-0.39, 0.29) is 6.42 Å². The zero-order chi connectivity index (χ0) is 12.1. The molecule has 0 aliphatic carbocycles. The third-order valence-corrected chi connectivity index (χ3v) is 2.12. The topological polar surface area (TPSA) is 77.3 Å². The number of rotatable bonds is 5. The Morgan fingerprint density at radius 3 is 2.31 bits per heavy atom. The minimum absolute atomic E-state index is 0.0912. The van der Waals surface area contributed by atoms with Gasteiger partial charge in [-0.05, 0) is 5.56 Å². The summed E-state index contributed by atoms with van der Waals surface area (Å²) in [6, 6.07) is 6.89. The molecule has 0 aliphatic rings. The normalized spacial score (nSPS) is 11.8. The quantitative estimate of drug-likeness (QED) is 0.422. The molecule has 0 saturated carbocycles. The molecule has 1 aromatic rings. The lowest BCUT2D eigenvalue weighted by atomic mass is 10.0. The molecule has 0 bridgehead atoms. The van der Waals surface area contributed by atoms with Crippen molar-refractivity contribution in [3.05, 3.63) is 46.0 Å². The van der Waals surface area contributed by atoms with Crippen LogP contribution in [0.5, 0.6) is 0 Å². The SMILES string of the molecule is CC(=O)C(C(=O)Cc1ccccc1)[N+](=O)[O-]. The monoisotopic (exact) mass is 221 g/mol. The van der Waals surface area contributed by atoms with Gasteiger partial charge in [0.1, 0.15) is 0 Å². The summed E-state index contributed by atoms with van der Waals surface area (Å²) in [5.41, 5.74) is 0.667. The summed E-state index contributed by atoms with van der Waals surface area (Å²) in [4.78, 5) is 32.2. The summed E-state index contributed by atoms with van der Waals surface area (Å²) < 4.78 is 0. The van der Waals surface area contributed by atoms with E-state index in [0.29, 0.717) is 5.56 Å². The van der Waals surface area contributed by atoms with E-state index in [2.05, 4.69) is 0 Å². The lowest BCUT2D eigenvalue weighted by molar-refractivity contribution is -0.493. The Balaban J connectivity index is 2.78. The van der Waals surface area contributed by atoms with Gasteiger partial charge in [-0.2, -0.15) is 0 Å². The fraction of sp³-hybridized carbons (Fsp3) is 0.273. The molecule has 1 aromatic carbocycles. The van der Waals surface area contributed by atoms with Crippen LogP contribution in [0.3, 0.4) is 0 Å². The maximum atomic E-state index is 11.5. The molecule has 1 unspecified atom stereocenters. The molecule has 1 rings (SSSR count). The fourth-order valence-electron chi connectivity index (χ4n) is 1.39.